The van der Waals surface area contributed by atoms with Gasteiger partial charge in [0.2, 0.25) is 0 Å². The minimum absolute atomic E-state index is 0.295. The fourth-order valence-corrected chi connectivity index (χ4v) is 2.39. The van der Waals surface area contributed by atoms with E-state index in [0.29, 0.717) is 21.8 Å². The molecule has 6 nitrogen and oxygen atoms in total. The average molecular weight is 379 g/mol. The molecular formula is C20H15ClN4O2. The highest BCUT2D eigenvalue weighted by molar-refractivity contribution is 6.30. The Morgan fingerprint density at radius 1 is 0.963 bits per heavy atom. The van der Waals surface area contributed by atoms with Crippen molar-refractivity contribution in [3.63, 3.8) is 0 Å². The number of anilines is 1. The van der Waals surface area contributed by atoms with Crippen molar-refractivity contribution >= 4 is 35.3 Å². The zero-order chi connectivity index (χ0) is 19.1. The van der Waals surface area contributed by atoms with Crippen molar-refractivity contribution in [2.24, 2.45) is 5.10 Å². The molecular weight excluding hydrogens is 364 g/mol. The maximum absolute atomic E-state index is 12.4. The number of carbonyl (C=O) groups excluding carboxylic acids is 2. The van der Waals surface area contributed by atoms with Gasteiger partial charge in [-0.05, 0) is 42.5 Å². The average Bonchev–Trinajstić information content (AvgIpc) is 2.69. The van der Waals surface area contributed by atoms with Gasteiger partial charge in [-0.3, -0.25) is 14.6 Å². The molecule has 7 heteroatoms. The van der Waals surface area contributed by atoms with Crippen LogP contribution in [0.1, 0.15) is 26.3 Å². The van der Waals surface area contributed by atoms with Crippen molar-refractivity contribution < 1.29 is 9.59 Å². The molecule has 1 heterocycles. The van der Waals surface area contributed by atoms with Gasteiger partial charge in [-0.25, -0.2) is 5.43 Å². The number of pyridine rings is 1. The Morgan fingerprint density at radius 2 is 1.74 bits per heavy atom. The first kappa shape index (κ1) is 18.3. The molecule has 0 radical (unpaired) electrons. The molecule has 3 aromatic rings. The monoisotopic (exact) mass is 378 g/mol. The molecule has 0 atom stereocenters. The number of para-hydroxylation sites is 1. The van der Waals surface area contributed by atoms with E-state index in [0.717, 1.165) is 5.56 Å². The summed E-state index contributed by atoms with van der Waals surface area (Å²) in [6.45, 7) is 0. The van der Waals surface area contributed by atoms with Crippen LogP contribution in [0.25, 0.3) is 0 Å². The molecule has 1 aromatic heterocycles. The maximum atomic E-state index is 12.4. The first-order chi connectivity index (χ1) is 13.1. The molecule has 2 amide bonds. The number of aromatic nitrogens is 1. The second-order valence-electron chi connectivity index (χ2n) is 5.49. The van der Waals surface area contributed by atoms with Crippen molar-refractivity contribution in [1.29, 1.82) is 0 Å². The molecule has 0 spiro atoms. The largest absolute Gasteiger partial charge is 0.321 e. The number of benzene rings is 2. The van der Waals surface area contributed by atoms with Gasteiger partial charge in [0, 0.05) is 28.5 Å². The molecule has 27 heavy (non-hydrogen) atoms. The van der Waals surface area contributed by atoms with E-state index in [9.17, 15) is 9.59 Å². The molecule has 2 N–H and O–H groups in total. The zero-order valence-corrected chi connectivity index (χ0v) is 14.9. The lowest BCUT2D eigenvalue weighted by Gasteiger charge is -2.10. The van der Waals surface area contributed by atoms with Crippen LogP contribution < -0.4 is 10.7 Å². The van der Waals surface area contributed by atoms with E-state index in [2.05, 4.69) is 20.8 Å². The van der Waals surface area contributed by atoms with E-state index < -0.39 is 5.91 Å². The van der Waals surface area contributed by atoms with Gasteiger partial charge in [0.1, 0.15) is 0 Å². The third-order valence-corrected chi connectivity index (χ3v) is 3.84. The Balaban J connectivity index is 1.71. The summed E-state index contributed by atoms with van der Waals surface area (Å²) in [6.07, 6.45) is 4.76. The Bertz CT molecular complexity index is 973. The third kappa shape index (κ3) is 4.99. The quantitative estimate of drug-likeness (QED) is 0.524. The van der Waals surface area contributed by atoms with E-state index in [1.807, 2.05) is 6.07 Å². The van der Waals surface area contributed by atoms with Crippen LogP contribution in [-0.2, 0) is 0 Å². The summed E-state index contributed by atoms with van der Waals surface area (Å²) in [6, 6.07) is 16.7. The van der Waals surface area contributed by atoms with Gasteiger partial charge < -0.3 is 5.32 Å². The van der Waals surface area contributed by atoms with Crippen molar-refractivity contribution in [2.45, 2.75) is 0 Å². The third-order valence-electron chi connectivity index (χ3n) is 3.59. The predicted molar refractivity (Wildman–Crippen MR) is 105 cm³/mol. The number of nitrogens with one attached hydrogen (secondary N) is 2. The summed E-state index contributed by atoms with van der Waals surface area (Å²) < 4.78 is 0. The van der Waals surface area contributed by atoms with Crippen LogP contribution in [0.15, 0.2) is 78.2 Å². The van der Waals surface area contributed by atoms with Gasteiger partial charge in [0.05, 0.1) is 17.5 Å². The smallest absolute Gasteiger partial charge is 0.273 e. The van der Waals surface area contributed by atoms with Crippen molar-refractivity contribution in [3.05, 3.63) is 94.8 Å². The number of amides is 2. The van der Waals surface area contributed by atoms with Crippen LogP contribution >= 0.6 is 11.6 Å². The van der Waals surface area contributed by atoms with Crippen LogP contribution in [0, 0.1) is 0 Å². The number of hydrazone groups is 1. The number of nitrogens with zero attached hydrogens (tertiary/aromatic N) is 2. The van der Waals surface area contributed by atoms with Gasteiger partial charge in [-0.2, -0.15) is 5.10 Å². The summed E-state index contributed by atoms with van der Waals surface area (Å²) >= 11 is 5.83. The van der Waals surface area contributed by atoms with Gasteiger partial charge in [-0.15, -0.1) is 0 Å². The fraction of sp³-hybridized carbons (Fsp3) is 0. The second-order valence-corrected chi connectivity index (χ2v) is 5.93. The van der Waals surface area contributed by atoms with Crippen molar-refractivity contribution in [2.75, 3.05) is 5.32 Å². The molecule has 2 aromatic carbocycles. The van der Waals surface area contributed by atoms with Crippen LogP contribution in [0.2, 0.25) is 5.02 Å². The number of hydrogen-bond donors (Lipinski definition) is 2. The highest BCUT2D eigenvalue weighted by Crippen LogP contribution is 2.17. The molecule has 0 saturated carbocycles. The van der Waals surface area contributed by atoms with Gasteiger partial charge in [-0.1, -0.05) is 29.8 Å². The number of hydrogen-bond acceptors (Lipinski definition) is 4. The van der Waals surface area contributed by atoms with E-state index in [1.54, 1.807) is 67.0 Å². The van der Waals surface area contributed by atoms with Gasteiger partial charge in [0.25, 0.3) is 11.8 Å². The Morgan fingerprint density at radius 3 is 2.48 bits per heavy atom. The fourth-order valence-electron chi connectivity index (χ4n) is 2.26. The van der Waals surface area contributed by atoms with E-state index in [-0.39, 0.29) is 5.91 Å². The summed E-state index contributed by atoms with van der Waals surface area (Å²) in [7, 11) is 0. The SMILES string of the molecule is O=C(Nc1ccccc1C(=O)N/N=C/c1cccnc1)c1ccc(Cl)cc1. The molecule has 0 saturated heterocycles. The Hall–Kier alpha value is -3.51. The first-order valence-electron chi connectivity index (χ1n) is 8.03. The van der Waals surface area contributed by atoms with Crippen LogP contribution in [0.5, 0.6) is 0 Å². The molecule has 3 rings (SSSR count). The van der Waals surface area contributed by atoms with E-state index in [1.165, 1.54) is 6.21 Å². The van der Waals surface area contributed by atoms with E-state index in [4.69, 9.17) is 11.6 Å². The van der Waals surface area contributed by atoms with Crippen LogP contribution in [0.3, 0.4) is 0 Å². The predicted octanol–water partition coefficient (Wildman–Crippen LogP) is 3.75. The van der Waals surface area contributed by atoms with Crippen molar-refractivity contribution in [3.8, 4) is 0 Å². The minimum atomic E-state index is -0.442. The standard InChI is InChI=1S/C20H15ClN4O2/c21-16-9-7-15(8-10-16)19(26)24-18-6-2-1-5-17(18)20(27)25-23-13-14-4-3-11-22-12-14/h1-13H,(H,24,26)(H,25,27)/b23-13+. The molecule has 0 aliphatic rings. The first-order valence-corrected chi connectivity index (χ1v) is 8.40. The minimum Gasteiger partial charge on any atom is -0.321 e. The normalized spacial score (nSPS) is 10.6. The molecule has 0 aliphatic heterocycles. The van der Waals surface area contributed by atoms with Gasteiger partial charge in [0.15, 0.2) is 0 Å². The maximum Gasteiger partial charge on any atom is 0.273 e. The summed E-state index contributed by atoms with van der Waals surface area (Å²) in [5, 5.41) is 7.18. The number of carbonyl (C=O) groups is 2. The van der Waals surface area contributed by atoms with E-state index >= 15 is 0 Å². The molecule has 0 unspecified atom stereocenters. The highest BCUT2D eigenvalue weighted by atomic mass is 35.5. The van der Waals surface area contributed by atoms with Gasteiger partial charge >= 0.3 is 0 Å². The molecule has 0 fully saturated rings. The number of halogens is 1. The van der Waals surface area contributed by atoms with Crippen molar-refractivity contribution in [1.82, 2.24) is 10.4 Å². The summed E-state index contributed by atoms with van der Waals surface area (Å²) in [5.74, 6) is -0.784. The van der Waals surface area contributed by atoms with Crippen LogP contribution in [0.4, 0.5) is 5.69 Å². The molecule has 0 bridgehead atoms. The molecule has 0 aliphatic carbocycles. The van der Waals surface area contributed by atoms with Crippen LogP contribution in [-0.4, -0.2) is 23.0 Å². The zero-order valence-electron chi connectivity index (χ0n) is 14.1. The topological polar surface area (TPSA) is 83.5 Å². The second kappa shape index (κ2) is 8.73. The Kier molecular flexibility index (Phi) is 5.91. The summed E-state index contributed by atoms with van der Waals surface area (Å²) in [5.41, 5.74) is 4.30. The lowest BCUT2D eigenvalue weighted by atomic mass is 10.1. The summed E-state index contributed by atoms with van der Waals surface area (Å²) in [4.78, 5) is 28.7. The molecule has 134 valence electrons. The Labute approximate surface area is 160 Å². The lowest BCUT2D eigenvalue weighted by molar-refractivity contribution is 0.0956. The highest BCUT2D eigenvalue weighted by Gasteiger charge is 2.13. The number of rotatable bonds is 5. The lowest BCUT2D eigenvalue weighted by Crippen LogP contribution is -2.21.